The summed E-state index contributed by atoms with van der Waals surface area (Å²) in [5, 5.41) is 2.08. The number of hydrogen-bond acceptors (Lipinski definition) is 5. The van der Waals surface area contributed by atoms with Gasteiger partial charge in [-0.25, -0.2) is 9.97 Å². The molecule has 1 amide bonds. The second-order valence-corrected chi connectivity index (χ2v) is 9.38. The van der Waals surface area contributed by atoms with Crippen LogP contribution in [0.15, 0.2) is 60.0 Å². The summed E-state index contributed by atoms with van der Waals surface area (Å²) >= 11 is 1.75. The molecule has 162 valence electrons. The number of amides is 1. The summed E-state index contributed by atoms with van der Waals surface area (Å²) in [5.41, 5.74) is 2.34. The van der Waals surface area contributed by atoms with Gasteiger partial charge in [0.05, 0.1) is 6.61 Å². The molecule has 0 aliphatic carbocycles. The Morgan fingerprint density at radius 1 is 1.29 bits per heavy atom. The second-order valence-electron chi connectivity index (χ2n) is 8.35. The van der Waals surface area contributed by atoms with Crippen molar-refractivity contribution in [3.05, 3.63) is 76.3 Å². The zero-order valence-corrected chi connectivity index (χ0v) is 19.0. The molecule has 0 saturated carbocycles. The Morgan fingerprint density at radius 3 is 2.84 bits per heavy atom. The smallest absolute Gasteiger partial charge is 0.316 e. The van der Waals surface area contributed by atoms with Gasteiger partial charge in [0, 0.05) is 46.3 Å². The van der Waals surface area contributed by atoms with Crippen LogP contribution in [0.5, 0.6) is 6.01 Å². The van der Waals surface area contributed by atoms with E-state index in [4.69, 9.17) is 4.74 Å². The number of fused-ring (bicyclic) bond motifs is 2. The lowest BCUT2D eigenvalue weighted by molar-refractivity contribution is -0.128. The molecule has 3 unspecified atom stereocenters. The molecule has 2 saturated heterocycles. The fourth-order valence-corrected chi connectivity index (χ4v) is 5.33. The molecule has 0 aromatic carbocycles. The minimum atomic E-state index is 0.0422. The van der Waals surface area contributed by atoms with Gasteiger partial charge in [-0.15, -0.1) is 11.3 Å². The maximum absolute atomic E-state index is 13.1. The first-order valence-electron chi connectivity index (χ1n) is 10.8. The molecule has 2 aliphatic heterocycles. The number of allylic oxidation sites excluding steroid dienone is 3. The summed E-state index contributed by atoms with van der Waals surface area (Å²) in [6, 6.07) is 7.04. The molecular formula is C25H29N3O2S. The molecule has 2 bridgehead atoms. The van der Waals surface area contributed by atoms with Crippen LogP contribution in [0.25, 0.3) is 0 Å². The van der Waals surface area contributed by atoms with Crippen molar-refractivity contribution in [2.75, 3.05) is 6.61 Å². The van der Waals surface area contributed by atoms with Gasteiger partial charge in [0.25, 0.3) is 5.91 Å². The van der Waals surface area contributed by atoms with E-state index in [9.17, 15) is 4.79 Å². The van der Waals surface area contributed by atoms with E-state index in [0.717, 1.165) is 37.1 Å². The minimum absolute atomic E-state index is 0.0422. The van der Waals surface area contributed by atoms with E-state index < -0.39 is 0 Å². The molecule has 2 aromatic heterocycles. The molecule has 2 aromatic rings. The minimum Gasteiger partial charge on any atom is -0.463 e. The lowest BCUT2D eigenvalue weighted by atomic mass is 9.90. The quantitative estimate of drug-likeness (QED) is 0.440. The monoisotopic (exact) mass is 435 g/mol. The lowest BCUT2D eigenvalue weighted by Crippen LogP contribution is -2.37. The number of rotatable bonds is 8. The van der Waals surface area contributed by atoms with Gasteiger partial charge < -0.3 is 9.64 Å². The Balaban J connectivity index is 1.30. The van der Waals surface area contributed by atoms with Crippen LogP contribution >= 0.6 is 11.3 Å². The molecule has 0 radical (unpaired) electrons. The number of carbonyl (C=O) groups excluding carboxylic acids is 1. The summed E-state index contributed by atoms with van der Waals surface area (Å²) < 4.78 is 5.91. The molecule has 5 nitrogen and oxygen atoms in total. The van der Waals surface area contributed by atoms with Gasteiger partial charge in [-0.1, -0.05) is 36.9 Å². The van der Waals surface area contributed by atoms with E-state index in [0.29, 0.717) is 24.1 Å². The van der Waals surface area contributed by atoms with Crippen LogP contribution < -0.4 is 4.74 Å². The molecule has 0 spiro atoms. The first-order chi connectivity index (χ1) is 15.0. The highest BCUT2D eigenvalue weighted by molar-refractivity contribution is 7.09. The predicted molar refractivity (Wildman–Crippen MR) is 124 cm³/mol. The molecule has 2 aliphatic rings. The fourth-order valence-electron chi connectivity index (χ4n) is 4.65. The Kier molecular flexibility index (Phi) is 6.66. The van der Waals surface area contributed by atoms with Crippen LogP contribution in [0.4, 0.5) is 0 Å². The van der Waals surface area contributed by atoms with Crippen molar-refractivity contribution in [1.29, 1.82) is 0 Å². The van der Waals surface area contributed by atoms with Crippen molar-refractivity contribution in [2.24, 2.45) is 5.92 Å². The molecule has 3 atom stereocenters. The number of carbonyl (C=O) groups is 1. The zero-order chi connectivity index (χ0) is 21.8. The third-order valence-corrected chi connectivity index (χ3v) is 6.91. The highest BCUT2D eigenvalue weighted by Gasteiger charge is 2.48. The van der Waals surface area contributed by atoms with Crippen molar-refractivity contribution in [1.82, 2.24) is 14.9 Å². The normalized spacial score (nSPS) is 22.6. The van der Waals surface area contributed by atoms with Gasteiger partial charge in [-0.2, -0.15) is 0 Å². The van der Waals surface area contributed by atoms with Crippen LogP contribution in [0.2, 0.25) is 0 Å². The third-order valence-electron chi connectivity index (χ3n) is 6.01. The molecule has 6 heteroatoms. The zero-order valence-electron chi connectivity index (χ0n) is 18.2. The van der Waals surface area contributed by atoms with Gasteiger partial charge in [0.2, 0.25) is 0 Å². The summed E-state index contributed by atoms with van der Waals surface area (Å²) in [4.78, 5) is 25.1. The third kappa shape index (κ3) is 5.13. The molecule has 4 heterocycles. The Bertz CT molecular complexity index is 976. The first-order valence-corrected chi connectivity index (χ1v) is 11.7. The Morgan fingerprint density at radius 2 is 2.10 bits per heavy atom. The van der Waals surface area contributed by atoms with E-state index in [1.165, 1.54) is 4.88 Å². The largest absolute Gasteiger partial charge is 0.463 e. The van der Waals surface area contributed by atoms with Crippen molar-refractivity contribution in [2.45, 2.75) is 51.6 Å². The summed E-state index contributed by atoms with van der Waals surface area (Å²) in [7, 11) is 0. The summed E-state index contributed by atoms with van der Waals surface area (Å²) in [5.74, 6) is 0.357. The van der Waals surface area contributed by atoms with Crippen LogP contribution in [0.1, 0.15) is 35.5 Å². The SMILES string of the molecule is C=C(/C=C\C=C/Cc1cccs1)C(=O)N1C2CCC1C(COc1nc(C)cc(C)n1)C2. The van der Waals surface area contributed by atoms with Crippen LogP contribution in [0.3, 0.4) is 0 Å². The average molecular weight is 436 g/mol. The average Bonchev–Trinajstić information content (AvgIpc) is 3.47. The van der Waals surface area contributed by atoms with E-state index in [-0.39, 0.29) is 18.0 Å². The molecule has 4 rings (SSSR count). The van der Waals surface area contributed by atoms with Gasteiger partial charge in [-0.3, -0.25) is 4.79 Å². The Hall–Kier alpha value is -2.73. The van der Waals surface area contributed by atoms with Gasteiger partial charge in [-0.05, 0) is 50.6 Å². The van der Waals surface area contributed by atoms with Crippen LogP contribution in [-0.4, -0.2) is 39.5 Å². The highest BCUT2D eigenvalue weighted by atomic mass is 32.1. The Labute approximate surface area is 188 Å². The topological polar surface area (TPSA) is 55.3 Å². The number of thiophene rings is 1. The summed E-state index contributed by atoms with van der Waals surface area (Å²) in [6.45, 7) is 8.44. The number of ether oxygens (including phenoxy) is 1. The van der Waals surface area contributed by atoms with Crippen molar-refractivity contribution < 1.29 is 9.53 Å². The van der Waals surface area contributed by atoms with Crippen LogP contribution in [0, 0.1) is 19.8 Å². The number of aryl methyl sites for hydroxylation is 2. The summed E-state index contributed by atoms with van der Waals surface area (Å²) in [6.07, 6.45) is 11.8. The predicted octanol–water partition coefficient (Wildman–Crippen LogP) is 4.82. The van der Waals surface area contributed by atoms with Gasteiger partial charge in [0.1, 0.15) is 0 Å². The molecule has 31 heavy (non-hydrogen) atoms. The standard InChI is InChI=1S/C25H29N3O2S/c1-17(8-5-4-6-9-22-10-7-13-31-22)24(29)28-21-11-12-23(28)20(15-21)16-30-25-26-18(2)14-19(3)27-25/h4-8,10,13-14,20-21,23H,1,9,11-12,15-16H2,2-3H3/b6-4-,8-5-. The van der Waals surface area contributed by atoms with Gasteiger partial charge in [0.15, 0.2) is 0 Å². The van der Waals surface area contributed by atoms with E-state index in [1.54, 1.807) is 11.3 Å². The number of nitrogens with zero attached hydrogens (tertiary/aromatic N) is 3. The molecular weight excluding hydrogens is 406 g/mol. The van der Waals surface area contributed by atoms with Gasteiger partial charge >= 0.3 is 6.01 Å². The van der Waals surface area contributed by atoms with E-state index in [1.807, 2.05) is 43.0 Å². The van der Waals surface area contributed by atoms with Crippen LogP contribution in [-0.2, 0) is 11.2 Å². The fraction of sp³-hybridized carbons (Fsp3) is 0.400. The molecule has 2 fully saturated rings. The van der Waals surface area contributed by atoms with Crippen molar-refractivity contribution >= 4 is 17.2 Å². The number of hydrogen-bond donors (Lipinski definition) is 0. The van der Waals surface area contributed by atoms with E-state index >= 15 is 0 Å². The maximum atomic E-state index is 13.1. The first kappa shape index (κ1) is 21.5. The highest BCUT2D eigenvalue weighted by Crippen LogP contribution is 2.42. The maximum Gasteiger partial charge on any atom is 0.316 e. The lowest BCUT2D eigenvalue weighted by Gasteiger charge is -2.24. The second kappa shape index (κ2) is 9.60. The van der Waals surface area contributed by atoms with Crippen molar-refractivity contribution in [3.63, 3.8) is 0 Å². The molecule has 0 N–H and O–H groups in total. The number of aromatic nitrogens is 2. The van der Waals surface area contributed by atoms with E-state index in [2.05, 4.69) is 40.1 Å². The van der Waals surface area contributed by atoms with Crippen molar-refractivity contribution in [3.8, 4) is 6.01 Å².